The van der Waals surface area contributed by atoms with E-state index in [2.05, 4.69) is 15.5 Å². The molecule has 18 heavy (non-hydrogen) atoms. The smallest absolute Gasteiger partial charge is 0.129 e. The Kier molecular flexibility index (Phi) is 2.53. The molecule has 0 aliphatic heterocycles. The highest BCUT2D eigenvalue weighted by Gasteiger charge is 2.02. The van der Waals surface area contributed by atoms with Gasteiger partial charge in [0.15, 0.2) is 0 Å². The van der Waals surface area contributed by atoms with Crippen LogP contribution in [-0.4, -0.2) is 16.0 Å². The number of rotatable bonds is 2. The summed E-state index contributed by atoms with van der Waals surface area (Å²) >= 11 is 0. The number of H-pyrrole nitrogens is 1. The van der Waals surface area contributed by atoms with E-state index in [1.54, 1.807) is 6.20 Å². The lowest BCUT2D eigenvalue weighted by Gasteiger charge is -2.07. The highest BCUT2D eigenvalue weighted by Crippen LogP contribution is 2.17. The number of hydrogen-bond acceptors (Lipinski definition) is 2. The molecule has 0 aliphatic rings. The molecule has 3 rings (SSSR count). The van der Waals surface area contributed by atoms with Crippen LogP contribution in [0.25, 0.3) is 10.9 Å². The summed E-state index contributed by atoms with van der Waals surface area (Å²) in [6.07, 6.45) is 1.77. The van der Waals surface area contributed by atoms with Crippen molar-refractivity contribution < 1.29 is 0 Å². The topological polar surface area (TPSA) is 64.6 Å². The highest BCUT2D eigenvalue weighted by atomic mass is 15.1. The predicted molar refractivity (Wildman–Crippen MR) is 73.0 cm³/mol. The Morgan fingerprint density at radius 3 is 2.78 bits per heavy atom. The number of benzene rings is 2. The molecule has 0 aliphatic carbocycles. The number of nitrogens with one attached hydrogen (secondary N) is 3. The van der Waals surface area contributed by atoms with Crippen molar-refractivity contribution in [3.63, 3.8) is 0 Å². The lowest BCUT2D eigenvalue weighted by atomic mass is 10.2. The number of fused-ring (bicyclic) bond motifs is 1. The van der Waals surface area contributed by atoms with E-state index in [-0.39, 0.29) is 0 Å². The first-order chi connectivity index (χ1) is 8.83. The van der Waals surface area contributed by atoms with Crippen molar-refractivity contribution in [2.24, 2.45) is 0 Å². The molecule has 0 atom stereocenters. The van der Waals surface area contributed by atoms with Crippen LogP contribution in [0.3, 0.4) is 0 Å². The van der Waals surface area contributed by atoms with E-state index in [9.17, 15) is 0 Å². The average Bonchev–Trinajstić information content (AvgIpc) is 2.87. The number of nitrogens with zero attached hydrogens (tertiary/aromatic N) is 1. The quantitative estimate of drug-likeness (QED) is 0.473. The van der Waals surface area contributed by atoms with Gasteiger partial charge in [-0.1, -0.05) is 30.3 Å². The van der Waals surface area contributed by atoms with Gasteiger partial charge >= 0.3 is 0 Å². The van der Waals surface area contributed by atoms with Crippen LogP contribution in [0, 0.1) is 5.41 Å². The van der Waals surface area contributed by atoms with Crippen molar-refractivity contribution in [1.82, 2.24) is 10.2 Å². The largest absolute Gasteiger partial charge is 0.340 e. The van der Waals surface area contributed by atoms with Crippen molar-refractivity contribution in [3.8, 4) is 0 Å². The van der Waals surface area contributed by atoms with Crippen LogP contribution in [0.2, 0.25) is 0 Å². The zero-order chi connectivity index (χ0) is 12.4. The second-order valence-corrected chi connectivity index (χ2v) is 4.04. The van der Waals surface area contributed by atoms with Crippen molar-refractivity contribution >= 4 is 22.4 Å². The minimum absolute atomic E-state index is 0.387. The fourth-order valence-electron chi connectivity index (χ4n) is 1.84. The Morgan fingerprint density at radius 2 is 1.94 bits per heavy atom. The Labute approximate surface area is 104 Å². The Hall–Kier alpha value is -2.62. The fourth-order valence-corrected chi connectivity index (χ4v) is 1.84. The zero-order valence-corrected chi connectivity index (χ0v) is 9.64. The van der Waals surface area contributed by atoms with E-state index in [0.717, 1.165) is 22.2 Å². The minimum Gasteiger partial charge on any atom is -0.340 e. The molecule has 0 spiro atoms. The molecule has 88 valence electrons. The predicted octanol–water partition coefficient (Wildman–Crippen LogP) is 3.00. The molecule has 4 nitrogen and oxygen atoms in total. The van der Waals surface area contributed by atoms with E-state index in [4.69, 9.17) is 5.41 Å². The highest BCUT2D eigenvalue weighted by molar-refractivity contribution is 6.06. The van der Waals surface area contributed by atoms with Crippen LogP contribution in [0.15, 0.2) is 54.7 Å². The van der Waals surface area contributed by atoms with Gasteiger partial charge in [-0.3, -0.25) is 10.5 Å². The summed E-state index contributed by atoms with van der Waals surface area (Å²) in [6.45, 7) is 0. The summed E-state index contributed by atoms with van der Waals surface area (Å²) in [4.78, 5) is 0. The Morgan fingerprint density at radius 1 is 1.11 bits per heavy atom. The minimum atomic E-state index is 0.387. The lowest BCUT2D eigenvalue weighted by Crippen LogP contribution is -2.11. The number of aromatic amines is 1. The summed E-state index contributed by atoms with van der Waals surface area (Å²) in [5, 5.41) is 19.0. The summed E-state index contributed by atoms with van der Waals surface area (Å²) in [5.41, 5.74) is 2.74. The summed E-state index contributed by atoms with van der Waals surface area (Å²) in [5.74, 6) is 0.387. The molecule has 0 amide bonds. The maximum Gasteiger partial charge on any atom is 0.129 e. The average molecular weight is 236 g/mol. The molecule has 2 aromatic carbocycles. The molecule has 0 fully saturated rings. The van der Waals surface area contributed by atoms with Crippen LogP contribution < -0.4 is 5.32 Å². The third-order valence-electron chi connectivity index (χ3n) is 2.77. The van der Waals surface area contributed by atoms with Gasteiger partial charge in [0.1, 0.15) is 5.84 Å². The monoisotopic (exact) mass is 236 g/mol. The number of amidine groups is 1. The third-order valence-corrected chi connectivity index (χ3v) is 2.77. The first kappa shape index (κ1) is 10.5. The molecule has 0 radical (unpaired) electrons. The first-order valence-corrected chi connectivity index (χ1v) is 5.67. The number of anilines is 1. The van der Waals surface area contributed by atoms with E-state index < -0.39 is 0 Å². The van der Waals surface area contributed by atoms with Crippen molar-refractivity contribution in [2.75, 3.05) is 5.32 Å². The second-order valence-electron chi connectivity index (χ2n) is 4.04. The normalized spacial score (nSPS) is 10.4. The van der Waals surface area contributed by atoms with Gasteiger partial charge in [-0.05, 0) is 18.2 Å². The van der Waals surface area contributed by atoms with Crippen LogP contribution in [0.5, 0.6) is 0 Å². The Balaban J connectivity index is 1.86. The van der Waals surface area contributed by atoms with Gasteiger partial charge < -0.3 is 5.32 Å². The molecular weight excluding hydrogens is 224 g/mol. The SMILES string of the molecule is N=C(Nc1ccc2[nH]ncc2c1)c1ccccc1. The molecule has 3 N–H and O–H groups in total. The fraction of sp³-hybridized carbons (Fsp3) is 0. The third kappa shape index (κ3) is 1.96. The number of aromatic nitrogens is 2. The van der Waals surface area contributed by atoms with Crippen LogP contribution >= 0.6 is 0 Å². The second kappa shape index (κ2) is 4.33. The number of hydrogen-bond donors (Lipinski definition) is 3. The molecular formula is C14H12N4. The molecule has 0 saturated heterocycles. The summed E-state index contributed by atoms with van der Waals surface area (Å²) in [7, 11) is 0. The molecule has 1 aromatic heterocycles. The van der Waals surface area contributed by atoms with E-state index >= 15 is 0 Å². The van der Waals surface area contributed by atoms with E-state index in [1.807, 2.05) is 48.5 Å². The molecule has 4 heteroatoms. The van der Waals surface area contributed by atoms with Gasteiger partial charge in [0.2, 0.25) is 0 Å². The maximum atomic E-state index is 8.00. The van der Waals surface area contributed by atoms with Gasteiger partial charge in [0.05, 0.1) is 11.7 Å². The lowest BCUT2D eigenvalue weighted by molar-refractivity contribution is 1.12. The van der Waals surface area contributed by atoms with Gasteiger partial charge in [-0.2, -0.15) is 5.10 Å². The maximum absolute atomic E-state index is 8.00. The van der Waals surface area contributed by atoms with E-state index in [0.29, 0.717) is 5.84 Å². The standard InChI is InChI=1S/C14H12N4/c15-14(10-4-2-1-3-5-10)17-12-6-7-13-11(8-12)9-16-18-13/h1-9H,(H2,15,17)(H,16,18). The van der Waals surface area contributed by atoms with Crippen molar-refractivity contribution in [3.05, 3.63) is 60.3 Å². The van der Waals surface area contributed by atoms with Gasteiger partial charge in [0, 0.05) is 16.6 Å². The Bertz CT molecular complexity index is 685. The molecule has 3 aromatic rings. The van der Waals surface area contributed by atoms with Crippen LogP contribution in [0.1, 0.15) is 5.56 Å². The summed E-state index contributed by atoms with van der Waals surface area (Å²) in [6, 6.07) is 15.4. The zero-order valence-electron chi connectivity index (χ0n) is 9.64. The van der Waals surface area contributed by atoms with Gasteiger partial charge in [-0.15, -0.1) is 0 Å². The van der Waals surface area contributed by atoms with Crippen molar-refractivity contribution in [2.45, 2.75) is 0 Å². The summed E-state index contributed by atoms with van der Waals surface area (Å²) < 4.78 is 0. The van der Waals surface area contributed by atoms with E-state index in [1.165, 1.54) is 0 Å². The van der Waals surface area contributed by atoms with Gasteiger partial charge in [0.25, 0.3) is 0 Å². The first-order valence-electron chi connectivity index (χ1n) is 5.67. The molecule has 0 saturated carbocycles. The van der Waals surface area contributed by atoms with Crippen molar-refractivity contribution in [1.29, 1.82) is 5.41 Å². The van der Waals surface area contributed by atoms with Gasteiger partial charge in [-0.25, -0.2) is 0 Å². The molecule has 0 unspecified atom stereocenters. The molecule has 1 heterocycles. The van der Waals surface area contributed by atoms with Crippen LogP contribution in [0.4, 0.5) is 5.69 Å². The van der Waals surface area contributed by atoms with Crippen LogP contribution in [-0.2, 0) is 0 Å². The molecule has 0 bridgehead atoms.